The number of benzene rings is 2. The quantitative estimate of drug-likeness (QED) is 0.232. The van der Waals surface area contributed by atoms with Crippen LogP contribution in [-0.2, 0) is 11.2 Å². The number of halogens is 3. The largest absolute Gasteiger partial charge is 0.494 e. The normalized spacial score (nSPS) is 17.7. The molecule has 0 spiro atoms. The molecule has 3 rings (SSSR count). The SMILES string of the molecule is C=C(/C=C(/F)C(=C)OC)CCc1ccc(-c2ccc(C3CCC(O)CC3)c(F)c2F)cc1.C=CC. The molecule has 0 aliphatic heterocycles. The van der Waals surface area contributed by atoms with Gasteiger partial charge >= 0.3 is 0 Å². The first-order valence-electron chi connectivity index (χ1n) is 11.8. The highest BCUT2D eigenvalue weighted by Gasteiger charge is 2.25. The maximum absolute atomic E-state index is 14.9. The van der Waals surface area contributed by atoms with Gasteiger partial charge in [-0.3, -0.25) is 0 Å². The van der Waals surface area contributed by atoms with Crippen molar-refractivity contribution in [3.63, 3.8) is 0 Å². The molecule has 0 amide bonds. The molecular formula is C30H35F3O2. The van der Waals surface area contributed by atoms with Crippen LogP contribution in [0.4, 0.5) is 13.2 Å². The van der Waals surface area contributed by atoms with E-state index in [9.17, 15) is 18.3 Å². The molecule has 1 N–H and O–H groups in total. The van der Waals surface area contributed by atoms with Crippen LogP contribution in [0.2, 0.25) is 0 Å². The summed E-state index contributed by atoms with van der Waals surface area (Å²) in [6.45, 7) is 12.6. The van der Waals surface area contributed by atoms with E-state index in [0.29, 0.717) is 55.2 Å². The summed E-state index contributed by atoms with van der Waals surface area (Å²) in [5, 5.41) is 9.65. The topological polar surface area (TPSA) is 29.5 Å². The molecule has 0 heterocycles. The van der Waals surface area contributed by atoms with Gasteiger partial charge in [-0.05, 0) is 74.1 Å². The van der Waals surface area contributed by atoms with Crippen LogP contribution in [0.25, 0.3) is 11.1 Å². The van der Waals surface area contributed by atoms with Crippen molar-refractivity contribution in [3.05, 3.63) is 108 Å². The molecule has 0 atom stereocenters. The third-order valence-corrected chi connectivity index (χ3v) is 6.09. The van der Waals surface area contributed by atoms with Gasteiger partial charge in [-0.2, -0.15) is 0 Å². The number of aliphatic hydroxyl groups is 1. The molecule has 188 valence electrons. The van der Waals surface area contributed by atoms with E-state index < -0.39 is 17.5 Å². The Labute approximate surface area is 207 Å². The summed E-state index contributed by atoms with van der Waals surface area (Å²) in [6.07, 6.45) is 6.44. The van der Waals surface area contributed by atoms with Crippen LogP contribution < -0.4 is 0 Å². The Kier molecular flexibility index (Phi) is 11.1. The minimum Gasteiger partial charge on any atom is -0.494 e. The molecule has 2 aromatic rings. The lowest BCUT2D eigenvalue weighted by atomic mass is 9.82. The van der Waals surface area contributed by atoms with Crippen LogP contribution in [0.5, 0.6) is 0 Å². The van der Waals surface area contributed by atoms with E-state index in [2.05, 4.69) is 19.7 Å². The smallest absolute Gasteiger partial charge is 0.166 e. The number of aliphatic hydroxyl groups excluding tert-OH is 1. The molecule has 35 heavy (non-hydrogen) atoms. The Morgan fingerprint density at radius 1 is 1.03 bits per heavy atom. The molecule has 2 aromatic carbocycles. The first kappa shape index (κ1) is 28.2. The van der Waals surface area contributed by atoms with E-state index in [1.54, 1.807) is 30.3 Å². The zero-order valence-electron chi connectivity index (χ0n) is 20.6. The summed E-state index contributed by atoms with van der Waals surface area (Å²) in [4.78, 5) is 0. The van der Waals surface area contributed by atoms with E-state index in [0.717, 1.165) is 5.56 Å². The first-order valence-corrected chi connectivity index (χ1v) is 11.8. The number of methoxy groups -OCH3 is 1. The lowest BCUT2D eigenvalue weighted by Crippen LogP contribution is -2.18. The molecule has 1 aliphatic carbocycles. The molecule has 0 aromatic heterocycles. The molecule has 1 aliphatic rings. The van der Waals surface area contributed by atoms with Gasteiger partial charge in [0.25, 0.3) is 0 Å². The van der Waals surface area contributed by atoms with E-state index >= 15 is 0 Å². The van der Waals surface area contributed by atoms with Crippen molar-refractivity contribution in [2.45, 2.75) is 57.5 Å². The maximum Gasteiger partial charge on any atom is 0.166 e. The van der Waals surface area contributed by atoms with Crippen LogP contribution in [0.15, 0.2) is 85.4 Å². The first-order chi connectivity index (χ1) is 16.7. The second kappa shape index (κ2) is 13.7. The molecule has 0 bridgehead atoms. The minimum atomic E-state index is -0.839. The van der Waals surface area contributed by atoms with Gasteiger partial charge < -0.3 is 9.84 Å². The second-order valence-electron chi connectivity index (χ2n) is 8.72. The fourth-order valence-corrected chi connectivity index (χ4v) is 4.07. The van der Waals surface area contributed by atoms with Crippen molar-refractivity contribution in [1.29, 1.82) is 0 Å². The van der Waals surface area contributed by atoms with Gasteiger partial charge in [0, 0.05) is 5.56 Å². The average molecular weight is 485 g/mol. The third-order valence-electron chi connectivity index (χ3n) is 6.09. The van der Waals surface area contributed by atoms with Gasteiger partial charge in [-0.25, -0.2) is 13.2 Å². The van der Waals surface area contributed by atoms with Crippen LogP contribution in [0, 0.1) is 11.6 Å². The predicted molar refractivity (Wildman–Crippen MR) is 138 cm³/mol. The number of ether oxygens (including phenoxy) is 1. The number of allylic oxidation sites excluding steroid dienone is 4. The van der Waals surface area contributed by atoms with E-state index in [1.807, 2.05) is 19.1 Å². The third kappa shape index (κ3) is 8.00. The van der Waals surface area contributed by atoms with Gasteiger partial charge in [0.1, 0.15) is 5.76 Å². The Morgan fingerprint density at radius 3 is 2.20 bits per heavy atom. The molecular weight excluding hydrogens is 449 g/mol. The predicted octanol–water partition coefficient (Wildman–Crippen LogP) is 8.34. The van der Waals surface area contributed by atoms with Gasteiger partial charge in [0.2, 0.25) is 0 Å². The fraction of sp³-hybridized carbons (Fsp3) is 0.333. The molecule has 5 heteroatoms. The van der Waals surface area contributed by atoms with Crippen LogP contribution in [0.1, 0.15) is 56.1 Å². The molecule has 0 unspecified atom stereocenters. The summed E-state index contributed by atoms with van der Waals surface area (Å²) >= 11 is 0. The van der Waals surface area contributed by atoms with E-state index in [4.69, 9.17) is 4.74 Å². The molecule has 1 fully saturated rings. The van der Waals surface area contributed by atoms with E-state index in [1.165, 1.54) is 13.2 Å². The monoisotopic (exact) mass is 484 g/mol. The summed E-state index contributed by atoms with van der Waals surface area (Å²) in [5.74, 6) is -2.29. The lowest BCUT2D eigenvalue weighted by Gasteiger charge is -2.26. The van der Waals surface area contributed by atoms with Gasteiger partial charge in [0.15, 0.2) is 17.5 Å². The van der Waals surface area contributed by atoms with E-state index in [-0.39, 0.29) is 23.3 Å². The second-order valence-corrected chi connectivity index (χ2v) is 8.72. The fourth-order valence-electron chi connectivity index (χ4n) is 4.07. The Hall–Kier alpha value is -3.05. The summed E-state index contributed by atoms with van der Waals surface area (Å²) < 4.78 is 48.2. The minimum absolute atomic E-state index is 0.0446. The molecule has 0 radical (unpaired) electrons. The summed E-state index contributed by atoms with van der Waals surface area (Å²) in [5.41, 5.74) is 2.79. The zero-order valence-corrected chi connectivity index (χ0v) is 20.6. The summed E-state index contributed by atoms with van der Waals surface area (Å²) in [6, 6.07) is 10.5. The standard InChI is InChI=1S/C27H29F3O2.C3H6/c1-17(16-25(28)18(2)32-3)4-5-19-6-8-20(9-7-19)23-14-15-24(27(30)26(23)29)21-10-12-22(31)13-11-21;1-3-2/h6-9,14-16,21-22,31H,1-2,4-5,10-13H2,3H3;3H,1H2,2H3/b25-16+;. The van der Waals surface area contributed by atoms with Gasteiger partial charge in [0.05, 0.1) is 13.2 Å². The molecule has 2 nitrogen and oxygen atoms in total. The Bertz CT molecular complexity index is 1050. The highest BCUT2D eigenvalue weighted by Crippen LogP contribution is 2.37. The van der Waals surface area contributed by atoms with Gasteiger partial charge in [-0.15, -0.1) is 6.58 Å². The Balaban J connectivity index is 0.00000137. The average Bonchev–Trinajstić information content (AvgIpc) is 2.85. The molecule has 0 saturated heterocycles. The number of rotatable bonds is 8. The molecule has 1 saturated carbocycles. The van der Waals surface area contributed by atoms with Crippen molar-refractivity contribution in [3.8, 4) is 11.1 Å². The number of hydrogen-bond donors (Lipinski definition) is 1. The van der Waals surface area contributed by atoms with Crippen molar-refractivity contribution in [2.24, 2.45) is 0 Å². The lowest BCUT2D eigenvalue weighted by molar-refractivity contribution is 0.122. The summed E-state index contributed by atoms with van der Waals surface area (Å²) in [7, 11) is 1.35. The Morgan fingerprint density at radius 2 is 1.63 bits per heavy atom. The van der Waals surface area contributed by atoms with Crippen molar-refractivity contribution >= 4 is 0 Å². The highest BCUT2D eigenvalue weighted by atomic mass is 19.2. The highest BCUT2D eigenvalue weighted by molar-refractivity contribution is 5.65. The van der Waals surface area contributed by atoms with Crippen LogP contribution in [0.3, 0.4) is 0 Å². The van der Waals surface area contributed by atoms with Crippen LogP contribution >= 0.6 is 0 Å². The van der Waals surface area contributed by atoms with Gasteiger partial charge in [-0.1, -0.05) is 61.2 Å². The van der Waals surface area contributed by atoms with Crippen molar-refractivity contribution in [2.75, 3.05) is 7.11 Å². The maximum atomic E-state index is 14.9. The zero-order chi connectivity index (χ0) is 26.0. The van der Waals surface area contributed by atoms with Crippen molar-refractivity contribution < 1.29 is 23.0 Å². The number of hydrogen-bond acceptors (Lipinski definition) is 2. The van der Waals surface area contributed by atoms with Crippen molar-refractivity contribution in [1.82, 2.24) is 0 Å². The number of aryl methyl sites for hydroxylation is 1. The van der Waals surface area contributed by atoms with Crippen LogP contribution in [-0.4, -0.2) is 18.3 Å².